The molecule has 1 aliphatic heterocycles. The Kier molecular flexibility index (Phi) is 3.77. The van der Waals surface area contributed by atoms with Crippen molar-refractivity contribution in [2.24, 2.45) is 0 Å². The number of nitrogens with one attached hydrogen (secondary N) is 2. The van der Waals surface area contributed by atoms with E-state index in [0.29, 0.717) is 0 Å². The lowest BCUT2D eigenvalue weighted by Crippen LogP contribution is -2.39. The van der Waals surface area contributed by atoms with Crippen LogP contribution in [0, 0.1) is 0 Å². The summed E-state index contributed by atoms with van der Waals surface area (Å²) in [5.41, 5.74) is 0.956. The van der Waals surface area contributed by atoms with Gasteiger partial charge in [-0.25, -0.2) is 0 Å². The van der Waals surface area contributed by atoms with Gasteiger partial charge in [0, 0.05) is 31.6 Å². The highest BCUT2D eigenvalue weighted by atomic mass is 16.3. The van der Waals surface area contributed by atoms with Gasteiger partial charge in [0.25, 0.3) is 0 Å². The molecule has 3 heteroatoms. The summed E-state index contributed by atoms with van der Waals surface area (Å²) in [5, 5.41) is 7.61. The molecule has 80 valence electrons. The van der Waals surface area contributed by atoms with Gasteiger partial charge in [0.05, 0.1) is 6.26 Å². The van der Waals surface area contributed by atoms with E-state index in [4.69, 9.17) is 4.42 Å². The Labute approximate surface area is 89.5 Å². The molecule has 0 unspecified atom stereocenters. The Bertz CT molecular complexity index is 351. The predicted octanol–water partition coefficient (Wildman–Crippen LogP) is 1.61. The quantitative estimate of drug-likeness (QED) is 0.684. The molecule has 0 bridgehead atoms. The Hall–Kier alpha value is -1.32. The standard InChI is InChI=1S/C8H6O.C4H10N2/c1-2-4-8-7(3-1)5-6-9-8;1-2-6-4-3-5-1/h1-6H;5-6H,1-4H2. The van der Waals surface area contributed by atoms with E-state index in [2.05, 4.69) is 10.6 Å². The van der Waals surface area contributed by atoms with Crippen LogP contribution < -0.4 is 10.6 Å². The summed E-state index contributed by atoms with van der Waals surface area (Å²) in [4.78, 5) is 0. The molecule has 2 heterocycles. The molecular weight excluding hydrogens is 188 g/mol. The van der Waals surface area contributed by atoms with E-state index >= 15 is 0 Å². The summed E-state index contributed by atoms with van der Waals surface area (Å²) in [6, 6.07) is 9.90. The van der Waals surface area contributed by atoms with Gasteiger partial charge >= 0.3 is 0 Å². The largest absolute Gasteiger partial charge is 0.464 e. The molecule has 0 amide bonds. The summed E-state index contributed by atoms with van der Waals surface area (Å²) in [6.07, 6.45) is 1.70. The smallest absolute Gasteiger partial charge is 0.133 e. The fourth-order valence-corrected chi connectivity index (χ4v) is 1.51. The van der Waals surface area contributed by atoms with Crippen molar-refractivity contribution < 1.29 is 4.42 Å². The van der Waals surface area contributed by atoms with Crippen molar-refractivity contribution in [1.82, 2.24) is 10.6 Å². The van der Waals surface area contributed by atoms with Crippen molar-refractivity contribution in [2.75, 3.05) is 26.2 Å². The van der Waals surface area contributed by atoms with Crippen LogP contribution in [0.1, 0.15) is 0 Å². The zero-order valence-electron chi connectivity index (χ0n) is 8.70. The first kappa shape index (κ1) is 10.2. The predicted molar refractivity (Wildman–Crippen MR) is 62.0 cm³/mol. The van der Waals surface area contributed by atoms with Crippen LogP contribution in [0.4, 0.5) is 0 Å². The molecule has 0 saturated carbocycles. The molecule has 1 saturated heterocycles. The number of piperazine rings is 1. The number of furan rings is 1. The lowest BCUT2D eigenvalue weighted by atomic mass is 10.3. The zero-order chi connectivity index (χ0) is 10.3. The third kappa shape index (κ3) is 3.08. The van der Waals surface area contributed by atoms with Crippen LogP contribution in [-0.2, 0) is 0 Å². The fourth-order valence-electron chi connectivity index (χ4n) is 1.51. The third-order valence-electron chi connectivity index (χ3n) is 2.32. The monoisotopic (exact) mass is 204 g/mol. The Morgan fingerprint density at radius 3 is 2.13 bits per heavy atom. The Morgan fingerprint density at radius 1 is 0.867 bits per heavy atom. The minimum Gasteiger partial charge on any atom is -0.464 e. The van der Waals surface area contributed by atoms with Crippen LogP contribution >= 0.6 is 0 Å². The van der Waals surface area contributed by atoms with Gasteiger partial charge in [-0.2, -0.15) is 0 Å². The molecule has 0 radical (unpaired) electrons. The van der Waals surface area contributed by atoms with Gasteiger partial charge in [0.15, 0.2) is 0 Å². The van der Waals surface area contributed by atoms with E-state index in [1.165, 1.54) is 0 Å². The summed E-state index contributed by atoms with van der Waals surface area (Å²) >= 11 is 0. The lowest BCUT2D eigenvalue weighted by molar-refractivity contribution is 0.534. The van der Waals surface area contributed by atoms with Crippen LogP contribution in [0.25, 0.3) is 11.0 Å². The maximum absolute atomic E-state index is 5.12. The Morgan fingerprint density at radius 2 is 1.53 bits per heavy atom. The maximum Gasteiger partial charge on any atom is 0.133 e. The average Bonchev–Trinajstić information content (AvgIpc) is 2.80. The average molecular weight is 204 g/mol. The number of hydrogen-bond donors (Lipinski definition) is 2. The van der Waals surface area contributed by atoms with Gasteiger partial charge in [0.2, 0.25) is 0 Å². The molecule has 3 nitrogen and oxygen atoms in total. The minimum atomic E-state index is 0.956. The van der Waals surface area contributed by atoms with Crippen molar-refractivity contribution in [3.8, 4) is 0 Å². The summed E-state index contributed by atoms with van der Waals surface area (Å²) in [7, 11) is 0. The summed E-state index contributed by atoms with van der Waals surface area (Å²) in [6.45, 7) is 4.56. The summed E-state index contributed by atoms with van der Waals surface area (Å²) < 4.78 is 5.12. The topological polar surface area (TPSA) is 37.2 Å². The molecule has 3 rings (SSSR count). The second kappa shape index (κ2) is 5.53. The number of hydrogen-bond acceptors (Lipinski definition) is 3. The molecule has 1 aromatic heterocycles. The highest BCUT2D eigenvalue weighted by molar-refractivity contribution is 5.76. The zero-order valence-corrected chi connectivity index (χ0v) is 8.70. The van der Waals surface area contributed by atoms with E-state index < -0.39 is 0 Å². The van der Waals surface area contributed by atoms with Crippen LogP contribution in [0.2, 0.25) is 0 Å². The van der Waals surface area contributed by atoms with Crippen LogP contribution in [-0.4, -0.2) is 26.2 Å². The molecule has 1 aliphatic rings. The summed E-state index contributed by atoms with van der Waals surface area (Å²) in [5.74, 6) is 0. The van der Waals surface area contributed by atoms with Crippen LogP contribution in [0.5, 0.6) is 0 Å². The molecule has 0 spiro atoms. The molecule has 15 heavy (non-hydrogen) atoms. The van der Waals surface area contributed by atoms with Gasteiger partial charge < -0.3 is 15.1 Å². The van der Waals surface area contributed by atoms with Gasteiger partial charge in [-0.15, -0.1) is 0 Å². The number of fused-ring (bicyclic) bond motifs is 1. The van der Waals surface area contributed by atoms with Gasteiger partial charge in [-0.05, 0) is 12.1 Å². The number of para-hydroxylation sites is 1. The maximum atomic E-state index is 5.12. The highest BCUT2D eigenvalue weighted by Gasteiger charge is 1.91. The molecule has 1 fully saturated rings. The molecule has 2 aromatic rings. The number of rotatable bonds is 0. The second-order valence-corrected chi connectivity index (χ2v) is 3.46. The molecule has 0 aliphatic carbocycles. The fraction of sp³-hybridized carbons (Fsp3) is 0.333. The first-order chi connectivity index (χ1) is 7.47. The lowest BCUT2D eigenvalue weighted by Gasteiger charge is -2.11. The van der Waals surface area contributed by atoms with Crippen molar-refractivity contribution in [2.45, 2.75) is 0 Å². The van der Waals surface area contributed by atoms with E-state index in [9.17, 15) is 0 Å². The van der Waals surface area contributed by atoms with E-state index in [1.54, 1.807) is 6.26 Å². The van der Waals surface area contributed by atoms with E-state index in [0.717, 1.165) is 37.1 Å². The second-order valence-electron chi connectivity index (χ2n) is 3.46. The molecular formula is C12H16N2O. The first-order valence-corrected chi connectivity index (χ1v) is 5.30. The van der Waals surface area contributed by atoms with E-state index in [-0.39, 0.29) is 0 Å². The van der Waals surface area contributed by atoms with Crippen molar-refractivity contribution >= 4 is 11.0 Å². The molecule has 1 aromatic carbocycles. The van der Waals surface area contributed by atoms with E-state index in [1.807, 2.05) is 30.3 Å². The minimum absolute atomic E-state index is 0.956. The number of benzene rings is 1. The van der Waals surface area contributed by atoms with Gasteiger partial charge in [0.1, 0.15) is 5.58 Å². The van der Waals surface area contributed by atoms with Crippen LogP contribution in [0.3, 0.4) is 0 Å². The van der Waals surface area contributed by atoms with Crippen LogP contribution in [0.15, 0.2) is 41.0 Å². The Balaban J connectivity index is 0.000000124. The van der Waals surface area contributed by atoms with Crippen molar-refractivity contribution in [1.29, 1.82) is 0 Å². The van der Waals surface area contributed by atoms with Crippen molar-refractivity contribution in [3.63, 3.8) is 0 Å². The highest BCUT2D eigenvalue weighted by Crippen LogP contribution is 2.12. The normalized spacial score (nSPS) is 15.7. The molecule has 2 N–H and O–H groups in total. The third-order valence-corrected chi connectivity index (χ3v) is 2.32. The van der Waals surface area contributed by atoms with Crippen molar-refractivity contribution in [3.05, 3.63) is 36.6 Å². The van der Waals surface area contributed by atoms with Gasteiger partial charge in [-0.1, -0.05) is 18.2 Å². The van der Waals surface area contributed by atoms with Gasteiger partial charge in [-0.3, -0.25) is 0 Å². The first-order valence-electron chi connectivity index (χ1n) is 5.30. The molecule has 0 atom stereocenters. The SMILES string of the molecule is C1CNCCN1.c1ccc2occc2c1.